The Bertz CT molecular complexity index is 1540. The van der Waals surface area contributed by atoms with Crippen molar-refractivity contribution < 1.29 is 4.79 Å². The first-order valence-corrected chi connectivity index (χ1v) is 12.4. The predicted molar refractivity (Wildman–Crippen MR) is 136 cm³/mol. The fraction of sp³-hybridized carbons (Fsp3) is 0.200. The van der Waals surface area contributed by atoms with Crippen molar-refractivity contribution in [1.29, 1.82) is 0 Å². The molecule has 0 atom stereocenters. The number of nitrogens with one attached hydrogen (secondary N) is 1. The molecule has 170 valence electrons. The number of pyridine rings is 1. The Morgan fingerprint density at radius 2 is 1.97 bits per heavy atom. The van der Waals surface area contributed by atoms with E-state index < -0.39 is 0 Å². The summed E-state index contributed by atoms with van der Waals surface area (Å²) in [6, 6.07) is 15.4. The molecule has 1 amide bonds. The largest absolute Gasteiger partial charge is 0.299 e. The van der Waals surface area contributed by atoms with Gasteiger partial charge in [0.2, 0.25) is 4.96 Å². The molecule has 34 heavy (non-hydrogen) atoms. The lowest BCUT2D eigenvalue weighted by molar-refractivity contribution is 0.102. The molecule has 0 radical (unpaired) electrons. The summed E-state index contributed by atoms with van der Waals surface area (Å²) in [6.07, 6.45) is 0.831. The maximum absolute atomic E-state index is 13.6. The topological polar surface area (TPSA) is 75.4 Å². The molecule has 0 bridgehead atoms. The van der Waals surface area contributed by atoms with E-state index in [2.05, 4.69) is 27.2 Å². The van der Waals surface area contributed by atoms with Crippen LogP contribution in [0.5, 0.6) is 0 Å². The van der Waals surface area contributed by atoms with Gasteiger partial charge in [-0.1, -0.05) is 48.9 Å². The van der Waals surface area contributed by atoms with Gasteiger partial charge in [0.1, 0.15) is 0 Å². The van der Waals surface area contributed by atoms with E-state index in [9.17, 15) is 4.79 Å². The van der Waals surface area contributed by atoms with E-state index in [-0.39, 0.29) is 11.9 Å². The van der Waals surface area contributed by atoms with Gasteiger partial charge in [-0.15, -0.1) is 16.4 Å². The van der Waals surface area contributed by atoms with Crippen molar-refractivity contribution in [2.75, 3.05) is 18.4 Å². The fourth-order valence-electron chi connectivity index (χ4n) is 4.49. The van der Waals surface area contributed by atoms with Crippen LogP contribution in [0, 0.1) is 0 Å². The number of nitrogens with zero attached hydrogens (tertiary/aromatic N) is 5. The minimum Gasteiger partial charge on any atom is -0.299 e. The van der Waals surface area contributed by atoms with Gasteiger partial charge in [0.25, 0.3) is 11.9 Å². The van der Waals surface area contributed by atoms with Crippen LogP contribution in [0.2, 0.25) is 5.02 Å². The third kappa shape index (κ3) is 3.64. The van der Waals surface area contributed by atoms with Crippen LogP contribution in [-0.4, -0.2) is 43.5 Å². The number of amides is 1. The Balaban J connectivity index is 1.39. The molecule has 4 heterocycles. The van der Waals surface area contributed by atoms with Crippen molar-refractivity contribution in [2.24, 2.45) is 0 Å². The number of rotatable bonds is 4. The molecule has 1 N–H and O–H groups in total. The molecule has 1 aliphatic rings. The molecule has 0 saturated carbocycles. The molecule has 6 rings (SSSR count). The zero-order valence-electron chi connectivity index (χ0n) is 18.5. The average Bonchev–Trinajstić information content (AvgIpc) is 3.43. The highest BCUT2D eigenvalue weighted by Crippen LogP contribution is 2.30. The zero-order valence-corrected chi connectivity index (χ0v) is 20.0. The van der Waals surface area contributed by atoms with Crippen LogP contribution >= 0.6 is 22.9 Å². The van der Waals surface area contributed by atoms with E-state index in [0.29, 0.717) is 22.1 Å². The highest BCUT2D eigenvalue weighted by molar-refractivity contribution is 7.15. The van der Waals surface area contributed by atoms with Crippen molar-refractivity contribution >= 4 is 50.7 Å². The summed E-state index contributed by atoms with van der Waals surface area (Å²) in [5.41, 5.74) is 5.36. The molecule has 1 aliphatic heterocycles. The molecule has 0 saturated heterocycles. The third-order valence-electron chi connectivity index (χ3n) is 6.25. The first-order valence-electron chi connectivity index (χ1n) is 11.1. The highest BCUT2D eigenvalue weighted by Gasteiger charge is 2.26. The molecule has 3 aromatic heterocycles. The fourth-order valence-corrected chi connectivity index (χ4v) is 5.45. The summed E-state index contributed by atoms with van der Waals surface area (Å²) in [7, 11) is 0. The van der Waals surface area contributed by atoms with E-state index in [0.717, 1.165) is 52.9 Å². The lowest BCUT2D eigenvalue weighted by atomic mass is 9.95. The number of carbonyl (C=O) groups is 1. The number of aromatic nitrogens is 4. The van der Waals surface area contributed by atoms with Crippen LogP contribution < -0.4 is 5.32 Å². The summed E-state index contributed by atoms with van der Waals surface area (Å²) in [4.78, 5) is 26.1. The quantitative estimate of drug-likeness (QED) is 0.372. The van der Waals surface area contributed by atoms with Gasteiger partial charge in [-0.3, -0.25) is 20.0 Å². The third-order valence-corrected chi connectivity index (χ3v) is 7.31. The molecule has 0 aliphatic carbocycles. The Labute approximate surface area is 205 Å². The van der Waals surface area contributed by atoms with Crippen LogP contribution in [0.25, 0.3) is 27.1 Å². The average molecular weight is 489 g/mol. The second-order valence-electron chi connectivity index (χ2n) is 8.26. The molecule has 9 heteroatoms. The second-order valence-corrected chi connectivity index (χ2v) is 9.53. The van der Waals surface area contributed by atoms with Gasteiger partial charge in [-0.25, -0.2) is 4.52 Å². The van der Waals surface area contributed by atoms with Crippen molar-refractivity contribution in [3.63, 3.8) is 0 Å². The van der Waals surface area contributed by atoms with Gasteiger partial charge in [0.05, 0.1) is 16.8 Å². The number of carbonyl (C=O) groups excluding carboxylic acids is 1. The summed E-state index contributed by atoms with van der Waals surface area (Å²) in [5.74, 6) is 0.0731. The van der Waals surface area contributed by atoms with E-state index >= 15 is 0 Å². The number of likely N-dealkylation sites (N-methyl/N-ethyl adjacent to an activating group) is 1. The standard InChI is InChI=1S/C25H21ClN6OS/c1-2-31-12-11-20-18(13-31)22(17-5-3-4-6-19(17)27-20)23(33)28-24-29-25-32(30-24)21(14-34-25)15-7-9-16(26)10-8-15/h3-10,14H,2,11-13H2,1H3,(H,28,30,33). The van der Waals surface area contributed by atoms with Crippen molar-refractivity contribution in [1.82, 2.24) is 24.5 Å². The van der Waals surface area contributed by atoms with Crippen LogP contribution in [-0.2, 0) is 13.0 Å². The van der Waals surface area contributed by atoms with Gasteiger partial charge in [0, 0.05) is 52.1 Å². The Hall–Kier alpha value is -3.33. The Kier molecular flexibility index (Phi) is 5.28. The Morgan fingerprint density at radius 3 is 2.79 bits per heavy atom. The zero-order chi connectivity index (χ0) is 23.2. The number of fused-ring (bicyclic) bond motifs is 3. The molecule has 5 aromatic rings. The minimum absolute atomic E-state index is 0.209. The molecule has 7 nitrogen and oxygen atoms in total. The number of para-hydroxylation sites is 1. The van der Waals surface area contributed by atoms with Crippen LogP contribution in [0.3, 0.4) is 0 Å². The number of hydrogen-bond acceptors (Lipinski definition) is 6. The summed E-state index contributed by atoms with van der Waals surface area (Å²) < 4.78 is 1.75. The first kappa shape index (κ1) is 21.2. The van der Waals surface area contributed by atoms with Crippen molar-refractivity contribution in [3.8, 4) is 11.3 Å². The van der Waals surface area contributed by atoms with E-state index in [1.54, 1.807) is 4.52 Å². The smallest absolute Gasteiger partial charge is 0.259 e. The minimum atomic E-state index is -0.209. The molecule has 2 aromatic carbocycles. The van der Waals surface area contributed by atoms with Gasteiger partial charge < -0.3 is 0 Å². The summed E-state index contributed by atoms with van der Waals surface area (Å²) in [5, 5.41) is 11.1. The molecular weight excluding hydrogens is 468 g/mol. The normalized spacial score (nSPS) is 13.9. The lowest BCUT2D eigenvalue weighted by Gasteiger charge is -2.29. The van der Waals surface area contributed by atoms with Gasteiger partial charge in [0.15, 0.2) is 0 Å². The van der Waals surface area contributed by atoms with Gasteiger partial charge in [-0.05, 0) is 24.7 Å². The van der Waals surface area contributed by atoms with Crippen molar-refractivity contribution in [3.05, 3.63) is 75.8 Å². The van der Waals surface area contributed by atoms with Gasteiger partial charge >= 0.3 is 0 Å². The Morgan fingerprint density at radius 1 is 1.15 bits per heavy atom. The lowest BCUT2D eigenvalue weighted by Crippen LogP contribution is -2.33. The molecule has 0 unspecified atom stereocenters. The van der Waals surface area contributed by atoms with Crippen molar-refractivity contribution in [2.45, 2.75) is 19.9 Å². The number of benzene rings is 2. The summed E-state index contributed by atoms with van der Waals surface area (Å²) in [6.45, 7) is 4.72. The van der Waals surface area contributed by atoms with Gasteiger partial charge in [-0.2, -0.15) is 4.98 Å². The number of thiazole rings is 1. The number of halogens is 1. The first-order chi connectivity index (χ1) is 16.6. The van der Waals surface area contributed by atoms with E-state index in [1.807, 2.05) is 53.9 Å². The van der Waals surface area contributed by atoms with Crippen LogP contribution in [0.15, 0.2) is 53.9 Å². The molecule has 0 spiro atoms. The monoisotopic (exact) mass is 488 g/mol. The van der Waals surface area contributed by atoms with E-state index in [1.165, 1.54) is 11.3 Å². The maximum atomic E-state index is 13.6. The molecular formula is C25H21ClN6OS. The number of hydrogen-bond donors (Lipinski definition) is 1. The van der Waals surface area contributed by atoms with Crippen LogP contribution in [0.4, 0.5) is 5.95 Å². The summed E-state index contributed by atoms with van der Waals surface area (Å²) >= 11 is 7.51. The maximum Gasteiger partial charge on any atom is 0.259 e. The van der Waals surface area contributed by atoms with E-state index in [4.69, 9.17) is 16.6 Å². The molecule has 0 fully saturated rings. The predicted octanol–water partition coefficient (Wildman–Crippen LogP) is 5.29. The van der Waals surface area contributed by atoms with Crippen LogP contribution in [0.1, 0.15) is 28.5 Å². The highest BCUT2D eigenvalue weighted by atomic mass is 35.5. The SMILES string of the molecule is CCN1CCc2nc3ccccc3c(C(=O)Nc3nc4scc(-c5ccc(Cl)cc5)n4n3)c2C1. The number of anilines is 1. The second kappa shape index (κ2) is 8.47.